The van der Waals surface area contributed by atoms with Crippen LogP contribution in [0.25, 0.3) is 11.3 Å². The fourth-order valence-electron chi connectivity index (χ4n) is 6.01. The summed E-state index contributed by atoms with van der Waals surface area (Å²) in [6, 6.07) is 4.67. The van der Waals surface area contributed by atoms with E-state index in [0.29, 0.717) is 6.04 Å². The maximum Gasteiger partial charge on any atom is 0.148 e. The molecule has 2 aliphatic carbocycles. The van der Waals surface area contributed by atoms with Gasteiger partial charge >= 0.3 is 0 Å². The molecule has 0 bridgehead atoms. The molecule has 3 aliphatic rings. The number of aromatic nitrogens is 4. The van der Waals surface area contributed by atoms with E-state index in [-0.39, 0.29) is 0 Å². The van der Waals surface area contributed by atoms with Crippen molar-refractivity contribution in [3.63, 3.8) is 0 Å². The van der Waals surface area contributed by atoms with Gasteiger partial charge in [-0.3, -0.25) is 4.68 Å². The molecule has 0 unspecified atom stereocenters. The summed E-state index contributed by atoms with van der Waals surface area (Å²) in [6.07, 6.45) is 11.8. The SMILES string of the molecule is Cc1nn(C)cc1-c1ccc(N[C@@H]2C[C@@H]3CN(CC4CCCCC4)C[C@@H]3C2)nn1. The largest absolute Gasteiger partial charge is 0.366 e. The van der Waals surface area contributed by atoms with Crippen LogP contribution in [0.1, 0.15) is 50.6 Å². The third kappa shape index (κ3) is 4.18. The molecule has 1 N–H and O–H groups in total. The molecule has 3 heterocycles. The second-order valence-corrected chi connectivity index (χ2v) is 9.66. The van der Waals surface area contributed by atoms with Crippen LogP contribution in [0, 0.1) is 24.7 Å². The second-order valence-electron chi connectivity index (χ2n) is 9.66. The fraction of sp³-hybridized carbons (Fsp3) is 0.696. The van der Waals surface area contributed by atoms with Crippen molar-refractivity contribution >= 4 is 5.82 Å². The number of likely N-dealkylation sites (tertiary alicyclic amines) is 1. The van der Waals surface area contributed by atoms with E-state index in [1.54, 1.807) is 0 Å². The normalized spacial score (nSPS) is 28.0. The van der Waals surface area contributed by atoms with Gasteiger partial charge in [-0.15, -0.1) is 10.2 Å². The molecular formula is C23H34N6. The lowest BCUT2D eigenvalue weighted by Gasteiger charge is -2.27. The molecule has 6 nitrogen and oxygen atoms in total. The Labute approximate surface area is 174 Å². The van der Waals surface area contributed by atoms with Crippen molar-refractivity contribution < 1.29 is 0 Å². The zero-order valence-corrected chi connectivity index (χ0v) is 17.8. The molecule has 156 valence electrons. The number of aryl methyl sites for hydroxylation is 2. The van der Waals surface area contributed by atoms with Gasteiger partial charge in [0.2, 0.25) is 0 Å². The molecule has 2 saturated carbocycles. The minimum absolute atomic E-state index is 0.544. The van der Waals surface area contributed by atoms with E-state index in [1.807, 2.05) is 24.9 Å². The summed E-state index contributed by atoms with van der Waals surface area (Å²) in [4.78, 5) is 2.77. The maximum absolute atomic E-state index is 4.45. The summed E-state index contributed by atoms with van der Waals surface area (Å²) in [5.41, 5.74) is 2.94. The van der Waals surface area contributed by atoms with Gasteiger partial charge in [0.05, 0.1) is 11.4 Å². The van der Waals surface area contributed by atoms with Crippen molar-refractivity contribution in [3.05, 3.63) is 24.0 Å². The number of hydrogen-bond donors (Lipinski definition) is 1. The molecule has 29 heavy (non-hydrogen) atoms. The van der Waals surface area contributed by atoms with Gasteiger partial charge < -0.3 is 10.2 Å². The van der Waals surface area contributed by atoms with Crippen LogP contribution in [0.15, 0.2) is 18.3 Å². The molecule has 1 saturated heterocycles. The maximum atomic E-state index is 4.45. The molecule has 0 amide bonds. The minimum atomic E-state index is 0.544. The lowest BCUT2D eigenvalue weighted by atomic mass is 9.89. The predicted octanol–water partition coefficient (Wildman–Crippen LogP) is 3.89. The Morgan fingerprint density at radius 2 is 1.79 bits per heavy atom. The van der Waals surface area contributed by atoms with Crippen LogP contribution in [0.5, 0.6) is 0 Å². The van der Waals surface area contributed by atoms with Crippen molar-refractivity contribution in [3.8, 4) is 11.3 Å². The first-order valence-corrected chi connectivity index (χ1v) is 11.5. The van der Waals surface area contributed by atoms with Crippen molar-refractivity contribution in [1.82, 2.24) is 24.9 Å². The molecule has 0 aromatic carbocycles. The van der Waals surface area contributed by atoms with E-state index in [4.69, 9.17) is 0 Å². The van der Waals surface area contributed by atoms with Crippen LogP contribution in [0.4, 0.5) is 5.82 Å². The molecule has 2 aromatic heterocycles. The quantitative estimate of drug-likeness (QED) is 0.834. The van der Waals surface area contributed by atoms with Crippen LogP contribution < -0.4 is 5.32 Å². The average molecular weight is 395 g/mol. The van der Waals surface area contributed by atoms with E-state index in [9.17, 15) is 0 Å². The Morgan fingerprint density at radius 1 is 1.03 bits per heavy atom. The molecule has 1 aliphatic heterocycles. The first-order valence-electron chi connectivity index (χ1n) is 11.5. The van der Waals surface area contributed by atoms with E-state index in [0.717, 1.165) is 40.5 Å². The summed E-state index contributed by atoms with van der Waals surface area (Å²) < 4.78 is 1.83. The van der Waals surface area contributed by atoms with E-state index >= 15 is 0 Å². The number of anilines is 1. The lowest BCUT2D eigenvalue weighted by Crippen LogP contribution is -2.30. The molecule has 6 heteroatoms. The molecule has 5 rings (SSSR count). The fourth-order valence-corrected chi connectivity index (χ4v) is 6.01. The highest BCUT2D eigenvalue weighted by Crippen LogP contribution is 2.40. The summed E-state index contributed by atoms with van der Waals surface area (Å²) >= 11 is 0. The second kappa shape index (κ2) is 8.05. The predicted molar refractivity (Wildman–Crippen MR) is 116 cm³/mol. The van der Waals surface area contributed by atoms with Crippen LogP contribution in [0.2, 0.25) is 0 Å². The highest BCUT2D eigenvalue weighted by atomic mass is 15.3. The Morgan fingerprint density at radius 3 is 2.41 bits per heavy atom. The monoisotopic (exact) mass is 394 g/mol. The smallest absolute Gasteiger partial charge is 0.148 e. The number of rotatable bonds is 5. The highest BCUT2D eigenvalue weighted by molar-refractivity contribution is 5.61. The minimum Gasteiger partial charge on any atom is -0.366 e. The highest BCUT2D eigenvalue weighted by Gasteiger charge is 2.41. The van der Waals surface area contributed by atoms with Crippen molar-refractivity contribution in [2.75, 3.05) is 25.0 Å². The first kappa shape index (κ1) is 19.0. The average Bonchev–Trinajstić information content (AvgIpc) is 3.36. The van der Waals surface area contributed by atoms with Gasteiger partial charge in [0.1, 0.15) is 5.82 Å². The number of hydrogen-bond acceptors (Lipinski definition) is 5. The Hall–Kier alpha value is -1.95. The van der Waals surface area contributed by atoms with Crippen LogP contribution >= 0.6 is 0 Å². The summed E-state index contributed by atoms with van der Waals surface area (Å²) in [6.45, 7) is 5.98. The van der Waals surface area contributed by atoms with Crippen LogP contribution in [-0.2, 0) is 7.05 Å². The van der Waals surface area contributed by atoms with Gasteiger partial charge in [-0.05, 0) is 62.5 Å². The molecule has 3 fully saturated rings. The molecule has 0 radical (unpaired) electrons. The van der Waals surface area contributed by atoms with Gasteiger partial charge in [0.25, 0.3) is 0 Å². The number of fused-ring (bicyclic) bond motifs is 1. The summed E-state index contributed by atoms with van der Waals surface area (Å²) in [5, 5.41) is 16.9. The zero-order valence-electron chi connectivity index (χ0n) is 17.8. The molecule has 2 aromatic rings. The van der Waals surface area contributed by atoms with Gasteiger partial charge in [-0.1, -0.05) is 19.3 Å². The molecular weight excluding hydrogens is 360 g/mol. The Bertz CT molecular complexity index is 808. The third-order valence-electron chi connectivity index (χ3n) is 7.37. The number of nitrogens with zero attached hydrogens (tertiary/aromatic N) is 5. The van der Waals surface area contributed by atoms with Crippen LogP contribution in [-0.4, -0.2) is 50.6 Å². The van der Waals surface area contributed by atoms with Gasteiger partial charge in [-0.25, -0.2) is 0 Å². The molecule has 0 spiro atoms. The van der Waals surface area contributed by atoms with Crippen molar-refractivity contribution in [2.24, 2.45) is 24.8 Å². The summed E-state index contributed by atoms with van der Waals surface area (Å²) in [5.74, 6) is 3.59. The van der Waals surface area contributed by atoms with Crippen molar-refractivity contribution in [2.45, 2.75) is 57.9 Å². The zero-order chi connectivity index (χ0) is 19.8. The third-order valence-corrected chi connectivity index (χ3v) is 7.37. The van der Waals surface area contributed by atoms with E-state index < -0.39 is 0 Å². The Kier molecular flexibility index (Phi) is 5.29. The topological polar surface area (TPSA) is 58.9 Å². The van der Waals surface area contributed by atoms with E-state index in [2.05, 4.69) is 37.6 Å². The van der Waals surface area contributed by atoms with Gasteiger partial charge in [0.15, 0.2) is 0 Å². The van der Waals surface area contributed by atoms with Gasteiger partial charge in [-0.2, -0.15) is 5.10 Å². The summed E-state index contributed by atoms with van der Waals surface area (Å²) in [7, 11) is 1.94. The lowest BCUT2D eigenvalue weighted by molar-refractivity contribution is 0.221. The van der Waals surface area contributed by atoms with Crippen LogP contribution in [0.3, 0.4) is 0 Å². The standard InChI is InChI=1S/C23H34N6/c1-16-21(15-28(2)27-16)22-8-9-23(26-25-22)24-20-10-18-13-29(14-19(18)11-20)12-17-6-4-3-5-7-17/h8-9,15,17-20H,3-7,10-14H2,1-2H3,(H,24,26)/t18-,19+,20-. The molecule has 3 atom stereocenters. The van der Waals surface area contributed by atoms with Gasteiger partial charge in [0, 0.05) is 44.5 Å². The van der Waals surface area contributed by atoms with E-state index in [1.165, 1.54) is 64.6 Å². The Balaban J connectivity index is 1.13. The van der Waals surface area contributed by atoms with Crippen molar-refractivity contribution in [1.29, 1.82) is 0 Å². The first-order chi connectivity index (χ1) is 14.1. The number of nitrogens with one attached hydrogen (secondary N) is 1.